The number of benzene rings is 2. The molecule has 0 heterocycles. The Hall–Kier alpha value is -0.910. The van der Waals surface area contributed by atoms with E-state index in [4.69, 9.17) is 10.5 Å². The Kier molecular flexibility index (Phi) is 5.18. The summed E-state index contributed by atoms with van der Waals surface area (Å²) in [5.74, 6) is 0.0891. The number of hydrogen-bond acceptors (Lipinski definition) is 2. The van der Waals surface area contributed by atoms with Crippen molar-refractivity contribution in [3.05, 3.63) is 62.8 Å². The van der Waals surface area contributed by atoms with Crippen LogP contribution in [0.25, 0.3) is 0 Å². The largest absolute Gasteiger partial charge is 0.484 e. The highest BCUT2D eigenvalue weighted by Gasteiger charge is 2.19. The fourth-order valence-electron chi connectivity index (χ4n) is 1.91. The van der Waals surface area contributed by atoms with Crippen LogP contribution < -0.4 is 10.5 Å². The molecule has 0 aliphatic rings. The lowest BCUT2D eigenvalue weighted by atomic mass is 10.0. The van der Waals surface area contributed by atoms with E-state index in [1.54, 1.807) is 6.07 Å². The standard InChI is InChI=1S/C15H14Br2FNO/c1-9(19)15(10-3-2-4-11(16)5-10)20-14-7-12(17)6-13(18)8-14/h2-9,15H,19H2,1H3. The average Bonchev–Trinajstić information content (AvgIpc) is 2.34. The molecule has 5 heteroatoms. The molecule has 2 nitrogen and oxygen atoms in total. The van der Waals surface area contributed by atoms with Gasteiger partial charge in [-0.25, -0.2) is 4.39 Å². The third-order valence-electron chi connectivity index (χ3n) is 2.75. The van der Waals surface area contributed by atoms with Gasteiger partial charge >= 0.3 is 0 Å². The van der Waals surface area contributed by atoms with Gasteiger partial charge in [-0.3, -0.25) is 0 Å². The van der Waals surface area contributed by atoms with E-state index < -0.39 is 0 Å². The molecule has 0 aliphatic heterocycles. The average molecular weight is 403 g/mol. The Bertz CT molecular complexity index is 584. The first-order chi connectivity index (χ1) is 9.45. The lowest BCUT2D eigenvalue weighted by Crippen LogP contribution is -2.29. The Morgan fingerprint density at radius 1 is 1.10 bits per heavy atom. The Morgan fingerprint density at radius 3 is 2.45 bits per heavy atom. The quantitative estimate of drug-likeness (QED) is 0.795. The fraction of sp³-hybridized carbons (Fsp3) is 0.200. The van der Waals surface area contributed by atoms with Crippen LogP contribution in [0.5, 0.6) is 5.75 Å². The van der Waals surface area contributed by atoms with Crippen molar-refractivity contribution in [1.29, 1.82) is 0 Å². The van der Waals surface area contributed by atoms with E-state index in [-0.39, 0.29) is 18.0 Å². The third kappa shape index (κ3) is 4.04. The summed E-state index contributed by atoms with van der Waals surface area (Å²) < 4.78 is 20.8. The summed E-state index contributed by atoms with van der Waals surface area (Å²) in [5, 5.41) is 0. The van der Waals surface area contributed by atoms with Crippen molar-refractivity contribution in [3.63, 3.8) is 0 Å². The Labute approximate surface area is 134 Å². The second-order valence-electron chi connectivity index (χ2n) is 4.56. The Balaban J connectivity index is 2.30. The van der Waals surface area contributed by atoms with E-state index in [0.717, 1.165) is 10.0 Å². The highest BCUT2D eigenvalue weighted by molar-refractivity contribution is 9.10. The van der Waals surface area contributed by atoms with Crippen molar-refractivity contribution in [2.75, 3.05) is 0 Å². The summed E-state index contributed by atoms with van der Waals surface area (Å²) in [6, 6.07) is 11.9. The van der Waals surface area contributed by atoms with E-state index in [9.17, 15) is 4.39 Å². The van der Waals surface area contributed by atoms with Crippen molar-refractivity contribution in [3.8, 4) is 5.75 Å². The molecule has 2 aromatic carbocycles. The van der Waals surface area contributed by atoms with Crippen molar-refractivity contribution in [2.24, 2.45) is 5.73 Å². The Morgan fingerprint density at radius 2 is 1.85 bits per heavy atom. The first kappa shape index (κ1) is 15.5. The first-order valence-electron chi connectivity index (χ1n) is 6.09. The van der Waals surface area contributed by atoms with Crippen LogP contribution >= 0.6 is 31.9 Å². The van der Waals surface area contributed by atoms with Crippen molar-refractivity contribution in [2.45, 2.75) is 19.1 Å². The van der Waals surface area contributed by atoms with Crippen LogP contribution in [0.2, 0.25) is 0 Å². The van der Waals surface area contributed by atoms with Crippen molar-refractivity contribution in [1.82, 2.24) is 0 Å². The number of hydrogen-bond donors (Lipinski definition) is 1. The minimum absolute atomic E-state index is 0.230. The molecule has 0 saturated heterocycles. The van der Waals surface area contributed by atoms with Crippen LogP contribution in [0.4, 0.5) is 4.39 Å². The van der Waals surface area contributed by atoms with Gasteiger partial charge in [0.25, 0.3) is 0 Å². The molecule has 2 unspecified atom stereocenters. The van der Waals surface area contributed by atoms with Gasteiger partial charge < -0.3 is 10.5 Å². The van der Waals surface area contributed by atoms with Crippen molar-refractivity contribution >= 4 is 31.9 Å². The van der Waals surface area contributed by atoms with Gasteiger partial charge in [-0.05, 0) is 36.8 Å². The highest BCUT2D eigenvalue weighted by atomic mass is 79.9. The maximum absolute atomic E-state index is 13.4. The minimum Gasteiger partial charge on any atom is -0.484 e. The van der Waals surface area contributed by atoms with Crippen LogP contribution in [0.3, 0.4) is 0 Å². The van der Waals surface area contributed by atoms with Crippen molar-refractivity contribution < 1.29 is 9.13 Å². The van der Waals surface area contributed by atoms with Gasteiger partial charge in [0.15, 0.2) is 0 Å². The molecular formula is C15H14Br2FNO. The third-order valence-corrected chi connectivity index (χ3v) is 3.70. The van der Waals surface area contributed by atoms with Gasteiger partial charge in [0, 0.05) is 21.1 Å². The minimum atomic E-state index is -0.355. The molecule has 2 rings (SSSR count). The molecule has 20 heavy (non-hydrogen) atoms. The molecule has 0 amide bonds. The predicted octanol–water partition coefficient (Wildman–Crippen LogP) is 4.82. The summed E-state index contributed by atoms with van der Waals surface area (Å²) in [4.78, 5) is 0. The van der Waals surface area contributed by atoms with Crippen LogP contribution in [-0.2, 0) is 0 Å². The molecule has 0 fully saturated rings. The summed E-state index contributed by atoms with van der Waals surface area (Å²) in [7, 11) is 0. The SMILES string of the molecule is CC(N)C(Oc1cc(F)cc(Br)c1)c1cccc(Br)c1. The van der Waals surface area contributed by atoms with Crippen LogP contribution in [0.1, 0.15) is 18.6 Å². The lowest BCUT2D eigenvalue weighted by molar-refractivity contribution is 0.179. The topological polar surface area (TPSA) is 35.2 Å². The molecule has 0 aromatic heterocycles. The summed E-state index contributed by atoms with van der Waals surface area (Å²) in [5.41, 5.74) is 6.94. The van der Waals surface area contributed by atoms with E-state index in [1.165, 1.54) is 12.1 Å². The molecule has 106 valence electrons. The van der Waals surface area contributed by atoms with Gasteiger partial charge in [0.2, 0.25) is 0 Å². The number of nitrogens with two attached hydrogens (primary N) is 1. The molecule has 2 N–H and O–H groups in total. The van der Waals surface area contributed by atoms with Gasteiger partial charge in [0.05, 0.1) is 0 Å². The number of ether oxygens (including phenoxy) is 1. The van der Waals surface area contributed by atoms with Gasteiger partial charge in [0.1, 0.15) is 17.7 Å². The zero-order chi connectivity index (χ0) is 14.7. The van der Waals surface area contributed by atoms with Crippen LogP contribution in [0.15, 0.2) is 51.4 Å². The monoisotopic (exact) mass is 401 g/mol. The first-order valence-corrected chi connectivity index (χ1v) is 7.68. The van der Waals surface area contributed by atoms with Gasteiger partial charge in [-0.15, -0.1) is 0 Å². The van der Waals surface area contributed by atoms with Crippen LogP contribution in [0, 0.1) is 5.82 Å². The molecule has 0 bridgehead atoms. The lowest BCUT2D eigenvalue weighted by Gasteiger charge is -2.23. The number of rotatable bonds is 4. The highest BCUT2D eigenvalue weighted by Crippen LogP contribution is 2.28. The number of halogens is 3. The second kappa shape index (κ2) is 6.70. The maximum Gasteiger partial charge on any atom is 0.138 e. The van der Waals surface area contributed by atoms with Gasteiger partial charge in [-0.1, -0.05) is 44.0 Å². The summed E-state index contributed by atoms with van der Waals surface area (Å²) in [6.45, 7) is 1.86. The zero-order valence-corrected chi connectivity index (χ0v) is 14.0. The normalized spacial score (nSPS) is 13.8. The van der Waals surface area contributed by atoms with E-state index in [2.05, 4.69) is 31.9 Å². The zero-order valence-electron chi connectivity index (χ0n) is 10.8. The molecule has 0 aliphatic carbocycles. The maximum atomic E-state index is 13.4. The molecule has 0 spiro atoms. The molecule has 2 atom stereocenters. The van der Waals surface area contributed by atoms with Gasteiger partial charge in [-0.2, -0.15) is 0 Å². The summed E-state index contributed by atoms with van der Waals surface area (Å²) >= 11 is 6.67. The molecular weight excluding hydrogens is 389 g/mol. The fourth-order valence-corrected chi connectivity index (χ4v) is 2.77. The molecule has 2 aromatic rings. The molecule has 0 saturated carbocycles. The second-order valence-corrected chi connectivity index (χ2v) is 6.39. The smallest absolute Gasteiger partial charge is 0.138 e. The van der Waals surface area contributed by atoms with E-state index in [0.29, 0.717) is 10.2 Å². The summed E-state index contributed by atoms with van der Waals surface area (Å²) in [6.07, 6.45) is -0.346. The molecule has 0 radical (unpaired) electrons. The van der Waals surface area contributed by atoms with Crippen LogP contribution in [-0.4, -0.2) is 6.04 Å². The van der Waals surface area contributed by atoms with E-state index >= 15 is 0 Å². The van der Waals surface area contributed by atoms with E-state index in [1.807, 2.05) is 31.2 Å². The predicted molar refractivity (Wildman–Crippen MR) is 85.3 cm³/mol.